The molecule has 136 valence electrons. The van der Waals surface area contributed by atoms with Gasteiger partial charge in [-0.15, -0.1) is 0 Å². The summed E-state index contributed by atoms with van der Waals surface area (Å²) >= 11 is 0. The molecule has 0 radical (unpaired) electrons. The number of esters is 1. The number of fused-ring (bicyclic) bond motifs is 1. The Balaban J connectivity index is 2.01. The predicted octanol–water partition coefficient (Wildman–Crippen LogP) is 2.09. The van der Waals surface area contributed by atoms with E-state index in [1.165, 1.54) is 13.2 Å². The van der Waals surface area contributed by atoms with Gasteiger partial charge in [0, 0.05) is 29.7 Å². The van der Waals surface area contributed by atoms with Crippen LogP contribution in [0.3, 0.4) is 0 Å². The highest BCUT2D eigenvalue weighted by Crippen LogP contribution is 2.37. The predicted molar refractivity (Wildman–Crippen MR) is 93.3 cm³/mol. The number of H-pyrrole nitrogens is 1. The van der Waals surface area contributed by atoms with Crippen molar-refractivity contribution < 1.29 is 23.8 Å². The zero-order valence-corrected chi connectivity index (χ0v) is 14.8. The summed E-state index contributed by atoms with van der Waals surface area (Å²) in [5, 5.41) is 0. The largest absolute Gasteiger partial charge is 0.497 e. The average molecular weight is 357 g/mol. The molecule has 1 aromatic heterocycles. The van der Waals surface area contributed by atoms with Crippen LogP contribution in [0.1, 0.15) is 44.3 Å². The SMILES string of the molecule is COC(=O)c1cc2c([nH]c1=O)C[C@H](c1ccc(OC)cc1OC)CC2=O. The number of methoxy groups -OCH3 is 3. The zero-order valence-electron chi connectivity index (χ0n) is 14.8. The summed E-state index contributed by atoms with van der Waals surface area (Å²) in [6.45, 7) is 0. The number of hydrogen-bond acceptors (Lipinski definition) is 6. The molecule has 0 amide bonds. The molecule has 1 heterocycles. The van der Waals surface area contributed by atoms with E-state index < -0.39 is 11.5 Å². The third-order valence-corrected chi connectivity index (χ3v) is 4.59. The molecule has 1 atom stereocenters. The van der Waals surface area contributed by atoms with Gasteiger partial charge in [0.25, 0.3) is 5.56 Å². The standard InChI is InChI=1S/C19H19NO6/c1-24-11-4-5-12(17(8-11)25-2)10-6-15-13(16(21)7-10)9-14(18(22)20-15)19(23)26-3/h4-5,8-10H,6-7H2,1-3H3,(H,20,22)/t10-/m0/s1. The van der Waals surface area contributed by atoms with Crippen molar-refractivity contribution in [2.75, 3.05) is 21.3 Å². The Morgan fingerprint density at radius 3 is 2.50 bits per heavy atom. The fourth-order valence-electron chi connectivity index (χ4n) is 3.27. The Morgan fingerprint density at radius 2 is 1.85 bits per heavy atom. The van der Waals surface area contributed by atoms with E-state index in [1.54, 1.807) is 26.4 Å². The molecule has 0 unspecified atom stereocenters. The van der Waals surface area contributed by atoms with Crippen molar-refractivity contribution in [1.82, 2.24) is 4.98 Å². The number of carbonyl (C=O) groups is 2. The first-order chi connectivity index (χ1) is 12.5. The fraction of sp³-hybridized carbons (Fsp3) is 0.316. The summed E-state index contributed by atoms with van der Waals surface area (Å²) in [6.07, 6.45) is 0.711. The molecule has 0 saturated carbocycles. The molecule has 1 aliphatic carbocycles. The molecule has 0 bridgehead atoms. The average Bonchev–Trinajstić information content (AvgIpc) is 2.66. The van der Waals surface area contributed by atoms with Gasteiger partial charge in [0.1, 0.15) is 17.1 Å². The van der Waals surface area contributed by atoms with Crippen molar-refractivity contribution in [1.29, 1.82) is 0 Å². The van der Waals surface area contributed by atoms with Gasteiger partial charge in [0.15, 0.2) is 5.78 Å². The first-order valence-corrected chi connectivity index (χ1v) is 8.08. The van der Waals surface area contributed by atoms with E-state index >= 15 is 0 Å². The van der Waals surface area contributed by atoms with Gasteiger partial charge in [-0.05, 0) is 24.1 Å². The molecule has 0 fully saturated rings. The summed E-state index contributed by atoms with van der Waals surface area (Å²) in [5.41, 5.74) is 1.01. The molecule has 7 heteroatoms. The lowest BCUT2D eigenvalue weighted by atomic mass is 9.81. The van der Waals surface area contributed by atoms with E-state index in [0.29, 0.717) is 29.2 Å². The summed E-state index contributed by atoms with van der Waals surface area (Å²) in [6, 6.07) is 6.75. The number of ketones is 1. The number of aromatic nitrogens is 1. The minimum absolute atomic E-state index is 0.143. The molecule has 7 nitrogen and oxygen atoms in total. The van der Waals surface area contributed by atoms with Crippen LogP contribution in [0.2, 0.25) is 0 Å². The lowest BCUT2D eigenvalue weighted by Gasteiger charge is -2.25. The fourth-order valence-corrected chi connectivity index (χ4v) is 3.27. The highest BCUT2D eigenvalue weighted by atomic mass is 16.5. The van der Waals surface area contributed by atoms with Crippen molar-refractivity contribution in [3.8, 4) is 11.5 Å². The number of Topliss-reactive ketones (excluding diaryl/α,β-unsaturated/α-hetero) is 1. The van der Waals surface area contributed by atoms with Crippen LogP contribution in [0.15, 0.2) is 29.1 Å². The van der Waals surface area contributed by atoms with Gasteiger partial charge in [-0.3, -0.25) is 9.59 Å². The number of aromatic amines is 1. The second-order valence-electron chi connectivity index (χ2n) is 6.03. The van der Waals surface area contributed by atoms with Crippen LogP contribution >= 0.6 is 0 Å². The summed E-state index contributed by atoms with van der Waals surface area (Å²) in [4.78, 5) is 39.1. The van der Waals surface area contributed by atoms with Crippen LogP contribution in [0.4, 0.5) is 0 Å². The minimum Gasteiger partial charge on any atom is -0.497 e. The van der Waals surface area contributed by atoms with Gasteiger partial charge in [-0.25, -0.2) is 4.79 Å². The minimum atomic E-state index is -0.763. The number of rotatable bonds is 4. The van der Waals surface area contributed by atoms with Crippen LogP contribution < -0.4 is 15.0 Å². The normalized spacial score (nSPS) is 16.0. The second kappa shape index (κ2) is 7.03. The van der Waals surface area contributed by atoms with Crippen LogP contribution in [-0.4, -0.2) is 38.1 Å². The van der Waals surface area contributed by atoms with Crippen molar-refractivity contribution >= 4 is 11.8 Å². The third-order valence-electron chi connectivity index (χ3n) is 4.59. The van der Waals surface area contributed by atoms with Crippen molar-refractivity contribution in [3.05, 3.63) is 57.0 Å². The number of nitrogens with one attached hydrogen (secondary N) is 1. The van der Waals surface area contributed by atoms with Gasteiger partial charge < -0.3 is 19.2 Å². The first kappa shape index (κ1) is 17.7. The van der Waals surface area contributed by atoms with Crippen molar-refractivity contribution in [2.45, 2.75) is 18.8 Å². The Bertz CT molecular complexity index is 930. The Hall–Kier alpha value is -3.09. The van der Waals surface area contributed by atoms with E-state index in [-0.39, 0.29) is 23.7 Å². The third kappa shape index (κ3) is 3.08. The van der Waals surface area contributed by atoms with Crippen molar-refractivity contribution in [3.63, 3.8) is 0 Å². The van der Waals surface area contributed by atoms with Gasteiger partial charge in [0.05, 0.1) is 21.3 Å². The Kier molecular flexibility index (Phi) is 4.79. The highest BCUT2D eigenvalue weighted by molar-refractivity contribution is 6.01. The molecule has 1 aromatic carbocycles. The smallest absolute Gasteiger partial charge is 0.343 e. The Morgan fingerprint density at radius 1 is 1.08 bits per heavy atom. The quantitative estimate of drug-likeness (QED) is 0.842. The first-order valence-electron chi connectivity index (χ1n) is 8.08. The molecular weight excluding hydrogens is 338 g/mol. The molecule has 1 N–H and O–H groups in total. The van der Waals surface area contributed by atoms with E-state index in [2.05, 4.69) is 9.72 Å². The van der Waals surface area contributed by atoms with E-state index in [0.717, 1.165) is 5.56 Å². The monoisotopic (exact) mass is 357 g/mol. The molecule has 0 spiro atoms. The van der Waals surface area contributed by atoms with E-state index in [9.17, 15) is 14.4 Å². The number of hydrogen-bond donors (Lipinski definition) is 1. The van der Waals surface area contributed by atoms with Gasteiger partial charge in [-0.1, -0.05) is 6.07 Å². The number of ether oxygens (including phenoxy) is 3. The van der Waals surface area contributed by atoms with Crippen LogP contribution in [0.5, 0.6) is 11.5 Å². The molecule has 2 aromatic rings. The topological polar surface area (TPSA) is 94.7 Å². The van der Waals surface area contributed by atoms with Crippen LogP contribution in [-0.2, 0) is 11.2 Å². The molecule has 26 heavy (non-hydrogen) atoms. The summed E-state index contributed by atoms with van der Waals surface area (Å²) in [7, 11) is 4.31. The maximum absolute atomic E-state index is 12.6. The maximum Gasteiger partial charge on any atom is 0.343 e. The number of pyridine rings is 1. The number of benzene rings is 1. The molecule has 0 aliphatic heterocycles. The molecule has 0 saturated heterocycles. The Labute approximate surface area is 149 Å². The lowest BCUT2D eigenvalue weighted by Crippen LogP contribution is -2.27. The highest BCUT2D eigenvalue weighted by Gasteiger charge is 2.30. The summed E-state index contributed by atoms with van der Waals surface area (Å²) < 4.78 is 15.2. The van der Waals surface area contributed by atoms with Crippen molar-refractivity contribution in [2.24, 2.45) is 0 Å². The van der Waals surface area contributed by atoms with Gasteiger partial charge >= 0.3 is 5.97 Å². The summed E-state index contributed by atoms with van der Waals surface area (Å²) in [5.74, 6) is 0.232. The molecule has 1 aliphatic rings. The number of carbonyl (C=O) groups excluding carboxylic acids is 2. The molecule has 3 rings (SSSR count). The second-order valence-corrected chi connectivity index (χ2v) is 6.03. The van der Waals surface area contributed by atoms with Crippen LogP contribution in [0.25, 0.3) is 0 Å². The lowest BCUT2D eigenvalue weighted by molar-refractivity contribution is 0.0598. The maximum atomic E-state index is 12.6. The van der Waals surface area contributed by atoms with E-state index in [4.69, 9.17) is 9.47 Å². The van der Waals surface area contributed by atoms with Gasteiger partial charge in [-0.2, -0.15) is 0 Å². The van der Waals surface area contributed by atoms with E-state index in [1.807, 2.05) is 6.07 Å². The van der Waals surface area contributed by atoms with Crippen LogP contribution in [0, 0.1) is 0 Å². The van der Waals surface area contributed by atoms with Gasteiger partial charge in [0.2, 0.25) is 0 Å². The zero-order chi connectivity index (χ0) is 18.8. The molecular formula is C19H19NO6.